The summed E-state index contributed by atoms with van der Waals surface area (Å²) >= 11 is 0. The zero-order chi connectivity index (χ0) is 14.4. The van der Waals surface area contributed by atoms with Gasteiger partial charge in [0.05, 0.1) is 6.61 Å². The number of nitrogens with zero attached hydrogens (tertiary/aromatic N) is 1. The zero-order valence-electron chi connectivity index (χ0n) is 11.8. The van der Waals surface area contributed by atoms with Gasteiger partial charge in [-0.15, -0.1) is 0 Å². The number of aryl methyl sites for hydroxylation is 1. The Morgan fingerprint density at radius 3 is 2.85 bits per heavy atom. The summed E-state index contributed by atoms with van der Waals surface area (Å²) in [5.41, 5.74) is 1.20. The number of ether oxygens (including phenoxy) is 1. The number of hydrogen-bond donors (Lipinski definition) is 1. The standard InChI is InChI=1S/C16H21NO3/c1-2-20-14-7-8-15-13(12-14)9-11-17(15)10-5-3-4-6-16(18)19/h7-9,11-12H,2-6,10H2,1H3,(H,18,19). The van der Waals surface area contributed by atoms with Crippen LogP contribution in [0.1, 0.15) is 32.6 Å². The van der Waals surface area contributed by atoms with Crippen LogP contribution in [-0.4, -0.2) is 22.2 Å². The molecule has 1 heterocycles. The van der Waals surface area contributed by atoms with Crippen LogP contribution in [0.2, 0.25) is 0 Å². The summed E-state index contributed by atoms with van der Waals surface area (Å²) in [6.45, 7) is 3.58. The topological polar surface area (TPSA) is 51.5 Å². The van der Waals surface area contributed by atoms with Crippen molar-refractivity contribution in [1.29, 1.82) is 0 Å². The predicted octanol–water partition coefficient (Wildman–Crippen LogP) is 3.69. The van der Waals surface area contributed by atoms with Crippen molar-refractivity contribution in [2.45, 2.75) is 39.2 Å². The Morgan fingerprint density at radius 1 is 1.25 bits per heavy atom. The number of hydrogen-bond acceptors (Lipinski definition) is 2. The molecule has 4 heteroatoms. The van der Waals surface area contributed by atoms with Crippen LogP contribution in [0, 0.1) is 0 Å². The molecule has 0 amide bonds. The van der Waals surface area contributed by atoms with E-state index in [9.17, 15) is 4.79 Å². The normalized spacial score (nSPS) is 10.8. The van der Waals surface area contributed by atoms with Gasteiger partial charge in [-0.1, -0.05) is 6.42 Å². The molecule has 1 N–H and O–H groups in total. The molecule has 1 aromatic heterocycles. The molecular formula is C16H21NO3. The molecule has 0 bridgehead atoms. The highest BCUT2D eigenvalue weighted by Crippen LogP contribution is 2.22. The summed E-state index contributed by atoms with van der Waals surface area (Å²) in [7, 11) is 0. The lowest BCUT2D eigenvalue weighted by molar-refractivity contribution is -0.137. The van der Waals surface area contributed by atoms with Gasteiger partial charge < -0.3 is 14.4 Å². The van der Waals surface area contributed by atoms with Crippen LogP contribution >= 0.6 is 0 Å². The Kier molecular flexibility index (Phi) is 5.04. The third-order valence-corrected chi connectivity index (χ3v) is 3.34. The Morgan fingerprint density at radius 2 is 2.10 bits per heavy atom. The number of benzene rings is 1. The number of carboxylic acids is 1. The Hall–Kier alpha value is -1.97. The third kappa shape index (κ3) is 3.76. The first kappa shape index (κ1) is 14.4. The molecule has 0 radical (unpaired) electrons. The average molecular weight is 275 g/mol. The van der Waals surface area contributed by atoms with E-state index in [1.165, 1.54) is 10.9 Å². The molecule has 2 rings (SSSR count). The number of carboxylic acid groups (broad SMARTS) is 1. The van der Waals surface area contributed by atoms with Gasteiger partial charge in [0.2, 0.25) is 0 Å². The second-order valence-corrected chi connectivity index (χ2v) is 4.87. The summed E-state index contributed by atoms with van der Waals surface area (Å²) in [5, 5.41) is 9.77. The Labute approximate surface area is 119 Å². The van der Waals surface area contributed by atoms with Crippen molar-refractivity contribution >= 4 is 16.9 Å². The molecule has 0 saturated heterocycles. The fourth-order valence-corrected chi connectivity index (χ4v) is 2.36. The molecule has 0 fully saturated rings. The van der Waals surface area contributed by atoms with E-state index in [1.807, 2.05) is 13.0 Å². The maximum absolute atomic E-state index is 10.4. The number of aromatic nitrogens is 1. The highest BCUT2D eigenvalue weighted by atomic mass is 16.5. The number of rotatable bonds is 8. The lowest BCUT2D eigenvalue weighted by Gasteiger charge is -2.06. The van der Waals surface area contributed by atoms with Crippen LogP contribution in [0.5, 0.6) is 5.75 Å². The Balaban J connectivity index is 1.92. The Bertz CT molecular complexity index is 574. The van der Waals surface area contributed by atoms with Gasteiger partial charge in [0.1, 0.15) is 5.75 Å². The molecule has 2 aromatic rings. The van der Waals surface area contributed by atoms with Gasteiger partial charge in [-0.3, -0.25) is 4.79 Å². The molecule has 0 aliphatic carbocycles. The van der Waals surface area contributed by atoms with Crippen LogP contribution in [0.25, 0.3) is 10.9 Å². The molecule has 0 saturated carbocycles. The van der Waals surface area contributed by atoms with Crippen LogP contribution < -0.4 is 4.74 Å². The second kappa shape index (κ2) is 6.98. The lowest BCUT2D eigenvalue weighted by atomic mass is 10.2. The van der Waals surface area contributed by atoms with Crippen molar-refractivity contribution in [2.75, 3.05) is 6.61 Å². The predicted molar refractivity (Wildman–Crippen MR) is 79.2 cm³/mol. The molecule has 0 aliphatic rings. The second-order valence-electron chi connectivity index (χ2n) is 4.87. The van der Waals surface area contributed by atoms with Crippen molar-refractivity contribution < 1.29 is 14.6 Å². The van der Waals surface area contributed by atoms with E-state index in [-0.39, 0.29) is 6.42 Å². The number of carbonyl (C=O) groups is 1. The van der Waals surface area contributed by atoms with Crippen molar-refractivity contribution in [3.63, 3.8) is 0 Å². The number of unbranched alkanes of at least 4 members (excludes halogenated alkanes) is 2. The lowest BCUT2D eigenvalue weighted by Crippen LogP contribution is -1.98. The van der Waals surface area contributed by atoms with Gasteiger partial charge in [0.25, 0.3) is 0 Å². The summed E-state index contributed by atoms with van der Waals surface area (Å²) in [5.74, 6) is 0.194. The summed E-state index contributed by atoms with van der Waals surface area (Å²) < 4.78 is 7.71. The van der Waals surface area contributed by atoms with E-state index >= 15 is 0 Å². The fraction of sp³-hybridized carbons (Fsp3) is 0.438. The van der Waals surface area contributed by atoms with Crippen LogP contribution in [-0.2, 0) is 11.3 Å². The molecule has 1 aromatic carbocycles. The molecular weight excluding hydrogens is 254 g/mol. The molecule has 4 nitrogen and oxygen atoms in total. The molecule has 108 valence electrons. The van der Waals surface area contributed by atoms with Crippen molar-refractivity contribution in [3.8, 4) is 5.75 Å². The van der Waals surface area contributed by atoms with E-state index in [4.69, 9.17) is 9.84 Å². The summed E-state index contributed by atoms with van der Waals surface area (Å²) in [6.07, 6.45) is 5.05. The highest BCUT2D eigenvalue weighted by molar-refractivity contribution is 5.81. The van der Waals surface area contributed by atoms with E-state index in [0.29, 0.717) is 6.61 Å². The number of aliphatic carboxylic acids is 1. The van der Waals surface area contributed by atoms with E-state index < -0.39 is 5.97 Å². The first-order valence-corrected chi connectivity index (χ1v) is 7.14. The molecule has 0 unspecified atom stereocenters. The molecule has 0 aliphatic heterocycles. The summed E-state index contributed by atoms with van der Waals surface area (Å²) in [6, 6.07) is 8.22. The SMILES string of the molecule is CCOc1ccc2c(ccn2CCCCCC(=O)O)c1. The van der Waals surface area contributed by atoms with Crippen LogP contribution in [0.3, 0.4) is 0 Å². The van der Waals surface area contributed by atoms with Crippen LogP contribution in [0.4, 0.5) is 0 Å². The zero-order valence-corrected chi connectivity index (χ0v) is 11.8. The summed E-state index contributed by atoms with van der Waals surface area (Å²) in [4.78, 5) is 10.4. The highest BCUT2D eigenvalue weighted by Gasteiger charge is 2.03. The quantitative estimate of drug-likeness (QED) is 0.748. The average Bonchev–Trinajstić information content (AvgIpc) is 2.81. The first-order valence-electron chi connectivity index (χ1n) is 7.14. The minimum absolute atomic E-state index is 0.268. The van der Waals surface area contributed by atoms with E-state index in [1.54, 1.807) is 0 Å². The van der Waals surface area contributed by atoms with Crippen molar-refractivity contribution in [2.24, 2.45) is 0 Å². The van der Waals surface area contributed by atoms with Crippen LogP contribution in [0.15, 0.2) is 30.5 Å². The minimum atomic E-state index is -0.708. The van der Waals surface area contributed by atoms with Crippen molar-refractivity contribution in [3.05, 3.63) is 30.5 Å². The van der Waals surface area contributed by atoms with Crippen molar-refractivity contribution in [1.82, 2.24) is 4.57 Å². The largest absolute Gasteiger partial charge is 0.494 e. The minimum Gasteiger partial charge on any atom is -0.494 e. The molecule has 0 spiro atoms. The maximum Gasteiger partial charge on any atom is 0.303 e. The van der Waals surface area contributed by atoms with Gasteiger partial charge in [-0.2, -0.15) is 0 Å². The van der Waals surface area contributed by atoms with E-state index in [0.717, 1.165) is 31.6 Å². The van der Waals surface area contributed by atoms with Gasteiger partial charge in [0, 0.05) is 30.1 Å². The first-order chi connectivity index (χ1) is 9.70. The van der Waals surface area contributed by atoms with Gasteiger partial charge in [-0.05, 0) is 44.0 Å². The number of fused-ring (bicyclic) bond motifs is 1. The monoisotopic (exact) mass is 275 g/mol. The van der Waals surface area contributed by atoms with Gasteiger partial charge in [-0.25, -0.2) is 0 Å². The molecule has 0 atom stereocenters. The van der Waals surface area contributed by atoms with Gasteiger partial charge >= 0.3 is 5.97 Å². The maximum atomic E-state index is 10.4. The fourth-order valence-electron chi connectivity index (χ4n) is 2.36. The van der Waals surface area contributed by atoms with Gasteiger partial charge in [0.15, 0.2) is 0 Å². The third-order valence-electron chi connectivity index (χ3n) is 3.34. The molecule has 20 heavy (non-hydrogen) atoms. The smallest absolute Gasteiger partial charge is 0.303 e. The van der Waals surface area contributed by atoms with E-state index in [2.05, 4.69) is 29.0 Å².